The monoisotopic (exact) mass is 492 g/mol. The molecule has 0 saturated heterocycles. The molecule has 0 aliphatic carbocycles. The summed E-state index contributed by atoms with van der Waals surface area (Å²) in [7, 11) is 0. The minimum Gasteiger partial charge on any atom is -0.493 e. The lowest BCUT2D eigenvalue weighted by molar-refractivity contribution is -0.137. The zero-order valence-corrected chi connectivity index (χ0v) is 23.2. The maximum absolute atomic E-state index is 10.6. The number of carboxylic acid groups (broad SMARTS) is 1. The number of ether oxygens (including phenoxy) is 1. The van der Waals surface area contributed by atoms with Crippen molar-refractivity contribution in [2.45, 2.75) is 98.5 Å². The third-order valence-electron chi connectivity index (χ3n) is 7.17. The molecular formula is C32H44O4. The Morgan fingerprint density at radius 2 is 1.56 bits per heavy atom. The van der Waals surface area contributed by atoms with Gasteiger partial charge in [0, 0.05) is 17.4 Å². The molecule has 0 aliphatic heterocycles. The number of aliphatic carboxylic acids is 1. The van der Waals surface area contributed by atoms with E-state index in [0.29, 0.717) is 13.0 Å². The van der Waals surface area contributed by atoms with Gasteiger partial charge in [0.15, 0.2) is 0 Å². The molecule has 196 valence electrons. The minimum atomic E-state index is -0.741. The first-order valence-corrected chi connectivity index (χ1v) is 13.2. The Morgan fingerprint density at radius 1 is 0.944 bits per heavy atom. The lowest BCUT2D eigenvalue weighted by Gasteiger charge is -2.34. The summed E-state index contributed by atoms with van der Waals surface area (Å²) in [6, 6.07) is 13.0. The fourth-order valence-electron chi connectivity index (χ4n) is 4.54. The highest BCUT2D eigenvalue weighted by Crippen LogP contribution is 2.41. The van der Waals surface area contributed by atoms with Gasteiger partial charge in [-0.3, -0.25) is 4.79 Å². The second kappa shape index (κ2) is 13.0. The number of benzene rings is 2. The number of hydrogen-bond acceptors (Lipinski definition) is 3. The summed E-state index contributed by atoms with van der Waals surface area (Å²) in [5.41, 5.74) is 5.35. The Bertz CT molecular complexity index is 1080. The fourth-order valence-corrected chi connectivity index (χ4v) is 4.54. The first kappa shape index (κ1) is 29.5. The predicted molar refractivity (Wildman–Crippen MR) is 148 cm³/mol. The summed E-state index contributed by atoms with van der Waals surface area (Å²) in [4.78, 5) is 10.6. The zero-order chi connectivity index (χ0) is 26.9. The van der Waals surface area contributed by atoms with Gasteiger partial charge in [0.2, 0.25) is 0 Å². The Labute approximate surface area is 218 Å². The van der Waals surface area contributed by atoms with Crippen LogP contribution in [0.1, 0.15) is 101 Å². The Kier molecular flexibility index (Phi) is 10.6. The van der Waals surface area contributed by atoms with E-state index in [2.05, 4.69) is 75.9 Å². The average molecular weight is 493 g/mol. The smallest absolute Gasteiger partial charge is 0.303 e. The maximum atomic E-state index is 10.6. The molecule has 0 aliphatic rings. The van der Waals surface area contributed by atoms with Gasteiger partial charge in [-0.05, 0) is 85.8 Å². The SMILES string of the molecule is CCC(CC)(c1ccc(C#CC(O)C(C)(C)C)c(C)c1)c1ccc(OCCCCCC(=O)O)c(C)c1. The van der Waals surface area contributed by atoms with Gasteiger partial charge < -0.3 is 14.9 Å². The van der Waals surface area contributed by atoms with Crippen molar-refractivity contribution < 1.29 is 19.7 Å². The summed E-state index contributed by atoms with van der Waals surface area (Å²) < 4.78 is 6.01. The molecule has 0 bridgehead atoms. The zero-order valence-electron chi connectivity index (χ0n) is 23.2. The van der Waals surface area contributed by atoms with Gasteiger partial charge in [0.1, 0.15) is 11.9 Å². The molecule has 0 aromatic heterocycles. The molecule has 0 spiro atoms. The molecule has 0 saturated carbocycles. The molecule has 1 atom stereocenters. The molecule has 0 heterocycles. The van der Waals surface area contributed by atoms with Crippen LogP contribution in [0.2, 0.25) is 0 Å². The fraction of sp³-hybridized carbons (Fsp3) is 0.531. The van der Waals surface area contributed by atoms with Crippen molar-refractivity contribution in [2.24, 2.45) is 5.41 Å². The third-order valence-corrected chi connectivity index (χ3v) is 7.17. The minimum absolute atomic E-state index is 0.109. The van der Waals surface area contributed by atoms with Crippen molar-refractivity contribution in [3.05, 3.63) is 64.2 Å². The van der Waals surface area contributed by atoms with Crippen LogP contribution >= 0.6 is 0 Å². The molecule has 4 heteroatoms. The van der Waals surface area contributed by atoms with E-state index in [1.807, 2.05) is 20.8 Å². The van der Waals surface area contributed by atoms with Gasteiger partial charge >= 0.3 is 5.97 Å². The van der Waals surface area contributed by atoms with Crippen LogP contribution in [0.5, 0.6) is 5.75 Å². The van der Waals surface area contributed by atoms with E-state index in [-0.39, 0.29) is 17.3 Å². The van der Waals surface area contributed by atoms with Crippen LogP contribution in [-0.2, 0) is 10.2 Å². The van der Waals surface area contributed by atoms with E-state index in [1.165, 1.54) is 11.1 Å². The number of aliphatic hydroxyl groups excluding tert-OH is 1. The summed E-state index contributed by atoms with van der Waals surface area (Å²) in [6.07, 6.45) is 3.88. The molecule has 2 aromatic carbocycles. The highest BCUT2D eigenvalue weighted by atomic mass is 16.5. The first-order chi connectivity index (χ1) is 16.9. The van der Waals surface area contributed by atoms with E-state index >= 15 is 0 Å². The van der Waals surface area contributed by atoms with E-state index in [0.717, 1.165) is 48.1 Å². The Balaban J connectivity index is 2.23. The summed E-state index contributed by atoms with van der Waals surface area (Å²) in [6.45, 7) is 15.2. The predicted octanol–water partition coefficient (Wildman–Crippen LogP) is 7.19. The third kappa shape index (κ3) is 7.61. The number of rotatable bonds is 11. The van der Waals surface area contributed by atoms with Gasteiger partial charge in [0.25, 0.3) is 0 Å². The van der Waals surface area contributed by atoms with Crippen molar-refractivity contribution in [3.8, 4) is 17.6 Å². The van der Waals surface area contributed by atoms with Crippen LogP contribution in [-0.4, -0.2) is 28.9 Å². The highest BCUT2D eigenvalue weighted by Gasteiger charge is 2.31. The Hall–Kier alpha value is -2.77. The lowest BCUT2D eigenvalue weighted by atomic mass is 9.70. The second-order valence-corrected chi connectivity index (χ2v) is 10.9. The van der Waals surface area contributed by atoms with E-state index in [4.69, 9.17) is 9.84 Å². The molecule has 2 rings (SSSR count). The van der Waals surface area contributed by atoms with Crippen LogP contribution < -0.4 is 4.74 Å². The summed E-state index contributed by atoms with van der Waals surface area (Å²) in [5.74, 6) is 6.34. The van der Waals surface area contributed by atoms with Crippen LogP contribution in [0, 0.1) is 31.1 Å². The quantitative estimate of drug-likeness (QED) is 0.257. The molecule has 1 unspecified atom stereocenters. The average Bonchev–Trinajstić information content (AvgIpc) is 2.82. The van der Waals surface area contributed by atoms with Gasteiger partial charge in [-0.25, -0.2) is 0 Å². The molecule has 4 nitrogen and oxygen atoms in total. The van der Waals surface area contributed by atoms with Crippen LogP contribution in [0.25, 0.3) is 0 Å². The lowest BCUT2D eigenvalue weighted by Crippen LogP contribution is -2.26. The first-order valence-electron chi connectivity index (χ1n) is 13.2. The van der Waals surface area contributed by atoms with Crippen molar-refractivity contribution in [3.63, 3.8) is 0 Å². The Morgan fingerprint density at radius 3 is 2.08 bits per heavy atom. The number of unbranched alkanes of at least 4 members (excludes halogenated alkanes) is 2. The van der Waals surface area contributed by atoms with Gasteiger partial charge in [0.05, 0.1) is 6.61 Å². The van der Waals surface area contributed by atoms with E-state index in [9.17, 15) is 9.90 Å². The van der Waals surface area contributed by atoms with E-state index in [1.54, 1.807) is 0 Å². The van der Waals surface area contributed by atoms with Gasteiger partial charge in [-0.15, -0.1) is 0 Å². The molecule has 0 radical (unpaired) electrons. The van der Waals surface area contributed by atoms with E-state index < -0.39 is 12.1 Å². The molecule has 2 aromatic rings. The summed E-state index contributed by atoms with van der Waals surface area (Å²) >= 11 is 0. The van der Waals surface area contributed by atoms with Crippen LogP contribution in [0.4, 0.5) is 0 Å². The van der Waals surface area contributed by atoms with Crippen LogP contribution in [0.3, 0.4) is 0 Å². The second-order valence-electron chi connectivity index (χ2n) is 10.9. The maximum Gasteiger partial charge on any atom is 0.303 e. The molecule has 0 fully saturated rings. The normalized spacial score (nSPS) is 12.6. The number of aryl methyl sites for hydroxylation is 2. The largest absolute Gasteiger partial charge is 0.493 e. The summed E-state index contributed by atoms with van der Waals surface area (Å²) in [5, 5.41) is 19.1. The standard InChI is InChI=1S/C32H44O4/c1-8-32(9-2,26-16-14-25(23(3)21-26)15-19-29(33)31(5,6)7)27-17-18-28(24(4)22-27)36-20-12-10-11-13-30(34)35/h14,16-18,21-22,29,33H,8-13,20H2,1-7H3,(H,34,35). The number of carbonyl (C=O) groups is 1. The number of aliphatic hydroxyl groups is 1. The highest BCUT2D eigenvalue weighted by molar-refractivity contribution is 5.66. The molecule has 2 N–H and O–H groups in total. The van der Waals surface area contributed by atoms with Crippen molar-refractivity contribution in [1.29, 1.82) is 0 Å². The topological polar surface area (TPSA) is 66.8 Å². The van der Waals surface area contributed by atoms with Crippen molar-refractivity contribution in [1.82, 2.24) is 0 Å². The van der Waals surface area contributed by atoms with Crippen molar-refractivity contribution >= 4 is 5.97 Å². The van der Waals surface area contributed by atoms with Gasteiger partial charge in [-0.1, -0.05) is 70.7 Å². The van der Waals surface area contributed by atoms with Gasteiger partial charge in [-0.2, -0.15) is 0 Å². The molecule has 0 amide bonds. The number of hydrogen-bond donors (Lipinski definition) is 2. The molecule has 36 heavy (non-hydrogen) atoms. The van der Waals surface area contributed by atoms with Crippen LogP contribution in [0.15, 0.2) is 36.4 Å². The van der Waals surface area contributed by atoms with Crippen molar-refractivity contribution in [2.75, 3.05) is 6.61 Å². The molecular weight excluding hydrogens is 448 g/mol. The number of carboxylic acids is 1.